The number of aromatic hydroxyl groups is 1. The van der Waals surface area contributed by atoms with Gasteiger partial charge >= 0.3 is 0 Å². The van der Waals surface area contributed by atoms with Crippen LogP contribution in [0.3, 0.4) is 0 Å². The summed E-state index contributed by atoms with van der Waals surface area (Å²) in [6.45, 7) is 0. The van der Waals surface area contributed by atoms with E-state index < -0.39 is 0 Å². The van der Waals surface area contributed by atoms with Gasteiger partial charge in [0.2, 0.25) is 0 Å². The second-order valence-electron chi connectivity index (χ2n) is 5.94. The lowest BCUT2D eigenvalue weighted by Crippen LogP contribution is -1.87. The normalized spacial score (nSPS) is 10.8. The standard InChI is InChI=1S/C21H18N2O3/c1-25-16-6-3-13(4-7-16)18-12-23-21-17(18)9-15(11-22-21)14-5-8-19(24)20(10-14)26-2/h3-12,24H,1-2H3,(H,22,23). The average Bonchev–Trinajstić information content (AvgIpc) is 3.11. The van der Waals surface area contributed by atoms with Crippen LogP contribution in [-0.4, -0.2) is 29.3 Å². The van der Waals surface area contributed by atoms with Gasteiger partial charge in [-0.3, -0.25) is 0 Å². The molecule has 2 heterocycles. The highest BCUT2D eigenvalue weighted by molar-refractivity contribution is 5.95. The summed E-state index contributed by atoms with van der Waals surface area (Å²) in [5.41, 5.74) is 4.86. The SMILES string of the molecule is COc1ccc(-c2c[nH]c3ncc(-c4ccc(O)c(OC)c4)cc23)cc1. The zero-order valence-electron chi connectivity index (χ0n) is 14.5. The minimum atomic E-state index is 0.117. The van der Waals surface area contributed by atoms with Crippen molar-refractivity contribution in [2.45, 2.75) is 0 Å². The number of phenols is 1. The van der Waals surface area contributed by atoms with Crippen molar-refractivity contribution in [3.8, 4) is 39.5 Å². The van der Waals surface area contributed by atoms with Crippen LogP contribution in [0.25, 0.3) is 33.3 Å². The van der Waals surface area contributed by atoms with Crippen LogP contribution in [0.1, 0.15) is 0 Å². The van der Waals surface area contributed by atoms with E-state index in [1.54, 1.807) is 19.2 Å². The van der Waals surface area contributed by atoms with Gasteiger partial charge in [0.1, 0.15) is 11.4 Å². The van der Waals surface area contributed by atoms with Crippen molar-refractivity contribution in [2.75, 3.05) is 14.2 Å². The molecule has 0 aliphatic rings. The minimum Gasteiger partial charge on any atom is -0.504 e. The Morgan fingerprint density at radius 3 is 2.38 bits per heavy atom. The number of rotatable bonds is 4. The van der Waals surface area contributed by atoms with Crippen molar-refractivity contribution in [1.82, 2.24) is 9.97 Å². The first kappa shape index (κ1) is 16.0. The number of methoxy groups -OCH3 is 2. The van der Waals surface area contributed by atoms with Gasteiger partial charge in [-0.05, 0) is 41.5 Å². The molecule has 0 radical (unpaired) electrons. The first-order valence-corrected chi connectivity index (χ1v) is 8.18. The number of hydrogen-bond acceptors (Lipinski definition) is 4. The van der Waals surface area contributed by atoms with E-state index in [4.69, 9.17) is 9.47 Å². The fourth-order valence-corrected chi connectivity index (χ4v) is 3.03. The van der Waals surface area contributed by atoms with E-state index in [0.29, 0.717) is 5.75 Å². The molecule has 4 aromatic rings. The lowest BCUT2D eigenvalue weighted by molar-refractivity contribution is 0.373. The largest absolute Gasteiger partial charge is 0.504 e. The summed E-state index contributed by atoms with van der Waals surface area (Å²) in [5, 5.41) is 10.8. The molecular weight excluding hydrogens is 328 g/mol. The molecule has 26 heavy (non-hydrogen) atoms. The summed E-state index contributed by atoms with van der Waals surface area (Å²) in [4.78, 5) is 7.75. The van der Waals surface area contributed by atoms with E-state index in [-0.39, 0.29) is 5.75 Å². The van der Waals surface area contributed by atoms with E-state index in [2.05, 4.69) is 16.0 Å². The van der Waals surface area contributed by atoms with Crippen LogP contribution < -0.4 is 9.47 Å². The third-order valence-electron chi connectivity index (χ3n) is 4.45. The molecule has 0 saturated heterocycles. The van der Waals surface area contributed by atoms with E-state index in [1.807, 2.05) is 42.7 Å². The third kappa shape index (κ3) is 2.73. The van der Waals surface area contributed by atoms with Crippen molar-refractivity contribution in [2.24, 2.45) is 0 Å². The molecule has 0 fully saturated rings. The smallest absolute Gasteiger partial charge is 0.161 e. The molecule has 0 atom stereocenters. The number of aromatic amines is 1. The second kappa shape index (κ2) is 6.44. The molecule has 2 N–H and O–H groups in total. The predicted octanol–water partition coefficient (Wildman–Crippen LogP) is 4.62. The van der Waals surface area contributed by atoms with Crippen molar-refractivity contribution >= 4 is 11.0 Å². The van der Waals surface area contributed by atoms with Crippen molar-refractivity contribution in [3.63, 3.8) is 0 Å². The third-order valence-corrected chi connectivity index (χ3v) is 4.45. The molecule has 130 valence electrons. The number of nitrogens with one attached hydrogen (secondary N) is 1. The molecule has 0 unspecified atom stereocenters. The first-order chi connectivity index (χ1) is 12.7. The molecule has 0 saturated carbocycles. The molecule has 0 aliphatic carbocycles. The number of hydrogen-bond donors (Lipinski definition) is 2. The van der Waals surface area contributed by atoms with Gasteiger partial charge in [-0.1, -0.05) is 18.2 Å². The van der Waals surface area contributed by atoms with Gasteiger partial charge in [0.05, 0.1) is 14.2 Å². The van der Waals surface area contributed by atoms with Crippen LogP contribution in [0.4, 0.5) is 0 Å². The quantitative estimate of drug-likeness (QED) is 0.566. The summed E-state index contributed by atoms with van der Waals surface area (Å²) < 4.78 is 10.4. The average molecular weight is 346 g/mol. The van der Waals surface area contributed by atoms with Gasteiger partial charge in [-0.25, -0.2) is 4.98 Å². The van der Waals surface area contributed by atoms with E-state index in [0.717, 1.165) is 39.0 Å². The van der Waals surface area contributed by atoms with Crippen LogP contribution in [0.5, 0.6) is 17.2 Å². The highest BCUT2D eigenvalue weighted by Crippen LogP contribution is 2.34. The maximum absolute atomic E-state index is 9.80. The Kier molecular flexibility index (Phi) is 3.97. The molecule has 0 spiro atoms. The maximum atomic E-state index is 9.80. The molecule has 2 aromatic heterocycles. The van der Waals surface area contributed by atoms with Crippen LogP contribution >= 0.6 is 0 Å². The van der Waals surface area contributed by atoms with E-state index in [1.165, 1.54) is 7.11 Å². The van der Waals surface area contributed by atoms with E-state index >= 15 is 0 Å². The fourth-order valence-electron chi connectivity index (χ4n) is 3.03. The number of benzene rings is 2. The Bertz CT molecular complexity index is 1070. The lowest BCUT2D eigenvalue weighted by atomic mass is 10.0. The molecular formula is C21H18N2O3. The highest BCUT2D eigenvalue weighted by Gasteiger charge is 2.11. The van der Waals surface area contributed by atoms with Crippen LogP contribution in [0.15, 0.2) is 60.9 Å². The monoisotopic (exact) mass is 346 g/mol. The number of fused-ring (bicyclic) bond motifs is 1. The fraction of sp³-hybridized carbons (Fsp3) is 0.0952. The molecule has 5 heteroatoms. The topological polar surface area (TPSA) is 67.4 Å². The maximum Gasteiger partial charge on any atom is 0.161 e. The van der Waals surface area contributed by atoms with Gasteiger partial charge in [0.15, 0.2) is 11.5 Å². The van der Waals surface area contributed by atoms with Crippen molar-refractivity contribution in [3.05, 3.63) is 60.9 Å². The molecule has 0 bridgehead atoms. The van der Waals surface area contributed by atoms with Crippen molar-refractivity contribution in [1.29, 1.82) is 0 Å². The Balaban J connectivity index is 1.81. The highest BCUT2D eigenvalue weighted by atomic mass is 16.5. The van der Waals surface area contributed by atoms with Crippen LogP contribution in [0.2, 0.25) is 0 Å². The predicted molar refractivity (Wildman–Crippen MR) is 102 cm³/mol. The zero-order valence-corrected chi connectivity index (χ0v) is 14.5. The summed E-state index contributed by atoms with van der Waals surface area (Å²) >= 11 is 0. The summed E-state index contributed by atoms with van der Waals surface area (Å²) in [6.07, 6.45) is 3.77. The molecule has 5 nitrogen and oxygen atoms in total. The van der Waals surface area contributed by atoms with Gasteiger partial charge in [-0.2, -0.15) is 0 Å². The molecule has 4 rings (SSSR count). The summed E-state index contributed by atoms with van der Waals surface area (Å²) in [5.74, 6) is 1.38. The first-order valence-electron chi connectivity index (χ1n) is 8.18. The zero-order chi connectivity index (χ0) is 18.1. The van der Waals surface area contributed by atoms with Crippen LogP contribution in [0, 0.1) is 0 Å². The Morgan fingerprint density at radius 2 is 1.65 bits per heavy atom. The number of ether oxygens (including phenoxy) is 2. The van der Waals surface area contributed by atoms with Crippen LogP contribution in [-0.2, 0) is 0 Å². The lowest BCUT2D eigenvalue weighted by Gasteiger charge is -2.07. The number of aromatic nitrogens is 2. The molecule has 2 aromatic carbocycles. The Hall–Kier alpha value is -3.47. The number of phenolic OH excluding ortho intramolecular Hbond substituents is 1. The number of nitrogens with zero attached hydrogens (tertiary/aromatic N) is 1. The Labute approximate surface area is 150 Å². The van der Waals surface area contributed by atoms with E-state index in [9.17, 15) is 5.11 Å². The number of H-pyrrole nitrogens is 1. The number of pyridine rings is 1. The summed E-state index contributed by atoms with van der Waals surface area (Å²) in [7, 11) is 3.19. The Morgan fingerprint density at radius 1 is 0.885 bits per heavy atom. The van der Waals surface area contributed by atoms with Gasteiger partial charge < -0.3 is 19.6 Å². The minimum absolute atomic E-state index is 0.117. The van der Waals surface area contributed by atoms with Gasteiger partial charge in [-0.15, -0.1) is 0 Å². The second-order valence-corrected chi connectivity index (χ2v) is 5.94. The van der Waals surface area contributed by atoms with Crippen molar-refractivity contribution < 1.29 is 14.6 Å². The summed E-state index contributed by atoms with van der Waals surface area (Å²) in [6, 6.07) is 15.3. The molecule has 0 aliphatic heterocycles. The molecule has 0 amide bonds. The van der Waals surface area contributed by atoms with Gasteiger partial charge in [0, 0.05) is 28.9 Å². The van der Waals surface area contributed by atoms with Gasteiger partial charge in [0.25, 0.3) is 0 Å².